The van der Waals surface area contributed by atoms with Crippen LogP contribution < -0.4 is 0 Å². The molecule has 9 heteroatoms. The van der Waals surface area contributed by atoms with E-state index in [0.717, 1.165) is 12.8 Å². The topological polar surface area (TPSA) is 110 Å². The SMILES string of the molecule is CC(=O)OC1CC23OC2C(=O)C=CC3(C)C2CC(OC(C)=O)C3(C)C(C(C)C4CC5(C)OC(C)(O4)OC5(C)C)CCC3C12. The lowest BCUT2D eigenvalue weighted by atomic mass is 9.43. The van der Waals surface area contributed by atoms with Gasteiger partial charge in [0.05, 0.1) is 11.7 Å². The van der Waals surface area contributed by atoms with Crippen LogP contribution in [0.1, 0.15) is 94.4 Å². The number of hydrogen-bond acceptors (Lipinski definition) is 9. The van der Waals surface area contributed by atoms with Crippen LogP contribution in [0.5, 0.6) is 0 Å². The molecule has 6 fully saturated rings. The maximum atomic E-state index is 12.7. The van der Waals surface area contributed by atoms with E-state index in [9.17, 15) is 14.4 Å². The number of esters is 2. The van der Waals surface area contributed by atoms with Crippen LogP contribution in [0.4, 0.5) is 0 Å². The number of carbonyl (C=O) groups is 3. The maximum Gasteiger partial charge on any atom is 0.302 e. The Hall–Kier alpha value is -1.81. The molecule has 14 atom stereocenters. The lowest BCUT2D eigenvalue weighted by Gasteiger charge is -2.62. The van der Waals surface area contributed by atoms with E-state index in [-0.39, 0.29) is 71.0 Å². The van der Waals surface area contributed by atoms with Crippen molar-refractivity contribution < 1.29 is 42.8 Å². The van der Waals surface area contributed by atoms with Gasteiger partial charge < -0.3 is 28.4 Å². The first-order valence-corrected chi connectivity index (χ1v) is 16.2. The number of hydrogen-bond donors (Lipinski definition) is 0. The number of epoxide rings is 1. The van der Waals surface area contributed by atoms with Crippen LogP contribution in [0.15, 0.2) is 12.2 Å². The zero-order chi connectivity index (χ0) is 31.1. The van der Waals surface area contributed by atoms with Gasteiger partial charge in [-0.2, -0.15) is 0 Å². The molecule has 7 aliphatic rings. The van der Waals surface area contributed by atoms with Gasteiger partial charge in [0, 0.05) is 50.4 Å². The van der Waals surface area contributed by atoms with Gasteiger partial charge in [0.25, 0.3) is 5.97 Å². The Morgan fingerprint density at radius 2 is 1.63 bits per heavy atom. The largest absolute Gasteiger partial charge is 0.462 e. The fraction of sp³-hybridized carbons (Fsp3) is 0.853. The van der Waals surface area contributed by atoms with E-state index in [4.69, 9.17) is 28.4 Å². The van der Waals surface area contributed by atoms with Crippen molar-refractivity contribution in [2.75, 3.05) is 0 Å². The molecule has 3 aliphatic heterocycles. The molecule has 14 unspecified atom stereocenters. The second-order valence-electron chi connectivity index (χ2n) is 16.0. The van der Waals surface area contributed by atoms with Gasteiger partial charge in [0.15, 0.2) is 11.9 Å². The summed E-state index contributed by atoms with van der Waals surface area (Å²) in [5, 5.41) is 0. The number of fused-ring (bicyclic) bond motifs is 6. The summed E-state index contributed by atoms with van der Waals surface area (Å²) >= 11 is 0. The van der Waals surface area contributed by atoms with Crippen molar-refractivity contribution >= 4 is 17.7 Å². The summed E-state index contributed by atoms with van der Waals surface area (Å²) in [6, 6.07) is 0. The first-order valence-electron chi connectivity index (χ1n) is 16.2. The highest BCUT2D eigenvalue weighted by Gasteiger charge is 2.79. The summed E-state index contributed by atoms with van der Waals surface area (Å²) in [6.45, 7) is 17.8. The molecule has 0 radical (unpaired) electrons. The van der Waals surface area contributed by atoms with Gasteiger partial charge in [-0.25, -0.2) is 0 Å². The molecule has 9 nitrogen and oxygen atoms in total. The summed E-state index contributed by atoms with van der Waals surface area (Å²) in [4.78, 5) is 37.9. The molecule has 0 aromatic heterocycles. The highest BCUT2D eigenvalue weighted by atomic mass is 16.9. The average molecular weight is 601 g/mol. The Labute approximate surface area is 254 Å². The molecule has 7 rings (SSSR count). The van der Waals surface area contributed by atoms with Gasteiger partial charge in [-0.15, -0.1) is 0 Å². The molecule has 3 saturated carbocycles. The molecule has 3 saturated heterocycles. The van der Waals surface area contributed by atoms with Crippen LogP contribution in [0, 0.1) is 40.4 Å². The van der Waals surface area contributed by atoms with E-state index in [0.29, 0.717) is 19.3 Å². The molecule has 43 heavy (non-hydrogen) atoms. The second kappa shape index (κ2) is 8.92. The van der Waals surface area contributed by atoms with E-state index in [1.54, 1.807) is 6.08 Å². The van der Waals surface area contributed by atoms with Gasteiger partial charge >= 0.3 is 11.9 Å². The number of ketones is 1. The Bertz CT molecular complexity index is 1290. The molecular formula is C34H48O9. The number of carbonyl (C=O) groups excluding carboxylic acids is 3. The van der Waals surface area contributed by atoms with Crippen molar-refractivity contribution in [3.63, 3.8) is 0 Å². The van der Waals surface area contributed by atoms with Crippen molar-refractivity contribution in [2.45, 2.75) is 142 Å². The molecule has 0 aromatic carbocycles. The summed E-state index contributed by atoms with van der Waals surface area (Å²) < 4.78 is 37.9. The van der Waals surface area contributed by atoms with Crippen molar-refractivity contribution in [1.29, 1.82) is 0 Å². The van der Waals surface area contributed by atoms with Gasteiger partial charge in [-0.05, 0) is 69.8 Å². The van der Waals surface area contributed by atoms with Crippen molar-refractivity contribution in [2.24, 2.45) is 40.4 Å². The summed E-state index contributed by atoms with van der Waals surface area (Å²) in [6.07, 6.45) is 6.09. The fourth-order valence-electron chi connectivity index (χ4n) is 11.3. The quantitative estimate of drug-likeness (QED) is 0.329. The lowest BCUT2D eigenvalue weighted by molar-refractivity contribution is -0.385. The third-order valence-electron chi connectivity index (χ3n) is 13.6. The fourth-order valence-corrected chi connectivity index (χ4v) is 11.3. The zero-order valence-corrected chi connectivity index (χ0v) is 27.1. The van der Waals surface area contributed by atoms with E-state index >= 15 is 0 Å². The first-order chi connectivity index (χ1) is 19.9. The second-order valence-corrected chi connectivity index (χ2v) is 16.0. The molecule has 0 N–H and O–H groups in total. The monoisotopic (exact) mass is 600 g/mol. The Morgan fingerprint density at radius 3 is 2.28 bits per heavy atom. The highest BCUT2D eigenvalue weighted by molar-refractivity contribution is 5.98. The summed E-state index contributed by atoms with van der Waals surface area (Å²) in [5.74, 6) is -1.23. The minimum Gasteiger partial charge on any atom is -0.462 e. The van der Waals surface area contributed by atoms with Crippen LogP contribution in [-0.2, 0) is 42.8 Å². The van der Waals surface area contributed by atoms with E-state index in [2.05, 4.69) is 41.5 Å². The molecule has 2 bridgehead atoms. The van der Waals surface area contributed by atoms with Crippen LogP contribution in [0.2, 0.25) is 0 Å². The maximum absolute atomic E-state index is 12.7. The van der Waals surface area contributed by atoms with E-state index < -0.39 is 34.3 Å². The molecule has 0 aromatic rings. The Kier molecular flexibility index (Phi) is 6.20. The predicted octanol–water partition coefficient (Wildman–Crippen LogP) is 4.89. The number of ether oxygens (including phenoxy) is 6. The lowest BCUT2D eigenvalue weighted by Crippen LogP contribution is -2.65. The van der Waals surface area contributed by atoms with Crippen LogP contribution >= 0.6 is 0 Å². The van der Waals surface area contributed by atoms with Crippen LogP contribution in [0.3, 0.4) is 0 Å². The first kappa shape index (κ1) is 29.9. The smallest absolute Gasteiger partial charge is 0.302 e. The molecule has 0 amide bonds. The summed E-state index contributed by atoms with van der Waals surface area (Å²) in [7, 11) is 0. The minimum absolute atomic E-state index is 0.0126. The van der Waals surface area contributed by atoms with Gasteiger partial charge in [-0.3, -0.25) is 14.4 Å². The molecule has 238 valence electrons. The van der Waals surface area contributed by atoms with Gasteiger partial charge in [0.1, 0.15) is 23.4 Å². The number of rotatable bonds is 4. The molecule has 4 aliphatic carbocycles. The molecule has 1 spiro atoms. The van der Waals surface area contributed by atoms with Gasteiger partial charge in [0.2, 0.25) is 0 Å². The standard InChI is InChI=1S/C34H48O9/c1-17(24-15-31(7)29(4,5)42-33(9,40-24)43-31)20-10-11-21-27-22(14-26(32(20,21)8)39-19(3)36)30(6)13-12-23(37)28-34(30,41-28)16-25(27)38-18(2)35/h12-13,17,20-22,24-28H,10-11,14-16H2,1-9H3. The third-order valence-corrected chi connectivity index (χ3v) is 13.6. The Morgan fingerprint density at radius 1 is 0.930 bits per heavy atom. The average Bonchev–Trinajstić information content (AvgIpc) is 3.48. The predicted molar refractivity (Wildman–Crippen MR) is 153 cm³/mol. The van der Waals surface area contributed by atoms with E-state index in [1.165, 1.54) is 13.8 Å². The third kappa shape index (κ3) is 3.86. The Balaban J connectivity index is 1.27. The highest BCUT2D eigenvalue weighted by Crippen LogP contribution is 2.73. The van der Waals surface area contributed by atoms with Crippen molar-refractivity contribution in [1.82, 2.24) is 0 Å². The van der Waals surface area contributed by atoms with Crippen molar-refractivity contribution in [3.8, 4) is 0 Å². The van der Waals surface area contributed by atoms with Crippen LogP contribution in [0.25, 0.3) is 0 Å². The molecular weight excluding hydrogens is 552 g/mol. The normalized spacial score (nSPS) is 54.5. The zero-order valence-electron chi connectivity index (χ0n) is 27.1. The molecule has 3 heterocycles. The van der Waals surface area contributed by atoms with Crippen molar-refractivity contribution in [3.05, 3.63) is 12.2 Å². The summed E-state index contributed by atoms with van der Waals surface area (Å²) in [5.41, 5.74) is -2.50. The van der Waals surface area contributed by atoms with E-state index in [1.807, 2.05) is 13.0 Å². The van der Waals surface area contributed by atoms with Gasteiger partial charge in [-0.1, -0.05) is 26.8 Å². The van der Waals surface area contributed by atoms with Crippen LogP contribution in [-0.4, -0.2) is 64.9 Å². The minimum atomic E-state index is -1.11.